The molecule has 2 rings (SSSR count). The summed E-state index contributed by atoms with van der Waals surface area (Å²) in [5, 5.41) is 5.61. The largest absolute Gasteiger partial charge is 0.416 e. The van der Waals surface area contributed by atoms with Crippen molar-refractivity contribution in [3.8, 4) is 0 Å². The molecular weight excluding hydrogens is 369 g/mol. The minimum atomic E-state index is -4.47. The highest BCUT2D eigenvalue weighted by Crippen LogP contribution is 2.29. The number of halogens is 4. The molecule has 26 heavy (non-hydrogen) atoms. The summed E-state index contributed by atoms with van der Waals surface area (Å²) in [6.07, 6.45) is -4.47. The van der Waals surface area contributed by atoms with E-state index in [0.29, 0.717) is 5.02 Å². The highest BCUT2D eigenvalue weighted by molar-refractivity contribution is 6.30. The smallest absolute Gasteiger partial charge is 0.348 e. The fourth-order valence-corrected chi connectivity index (χ4v) is 2.42. The molecule has 0 heterocycles. The molecule has 1 atom stereocenters. The van der Waals surface area contributed by atoms with Crippen LogP contribution >= 0.6 is 11.6 Å². The van der Waals surface area contributed by atoms with Crippen LogP contribution in [0.2, 0.25) is 5.02 Å². The first kappa shape index (κ1) is 19.8. The second-order valence-corrected chi connectivity index (χ2v) is 6.04. The number of amides is 2. The van der Waals surface area contributed by atoms with E-state index in [4.69, 9.17) is 11.6 Å². The van der Waals surface area contributed by atoms with Gasteiger partial charge in [-0.05, 0) is 48.9 Å². The maximum atomic E-state index is 12.5. The van der Waals surface area contributed by atoms with Crippen LogP contribution in [-0.2, 0) is 11.0 Å². The minimum Gasteiger partial charge on any atom is -0.348 e. The Labute approximate surface area is 153 Å². The molecule has 0 radical (unpaired) electrons. The summed E-state index contributed by atoms with van der Waals surface area (Å²) in [7, 11) is 0. The lowest BCUT2D eigenvalue weighted by molar-refractivity contribution is -0.137. The molecule has 2 aromatic carbocycles. The maximum Gasteiger partial charge on any atom is 0.416 e. The first-order chi connectivity index (χ1) is 12.2. The first-order valence-electron chi connectivity index (χ1n) is 7.67. The van der Waals surface area contributed by atoms with Gasteiger partial charge in [0.25, 0.3) is 5.91 Å². The van der Waals surface area contributed by atoms with Crippen LogP contribution in [0, 0.1) is 0 Å². The molecule has 0 aliphatic rings. The third-order valence-corrected chi connectivity index (χ3v) is 3.85. The van der Waals surface area contributed by atoms with E-state index in [1.807, 2.05) is 0 Å². The van der Waals surface area contributed by atoms with E-state index < -0.39 is 23.6 Å². The number of alkyl halides is 3. The molecule has 2 aromatic rings. The van der Waals surface area contributed by atoms with E-state index in [-0.39, 0.29) is 18.2 Å². The summed E-state index contributed by atoms with van der Waals surface area (Å²) in [5.41, 5.74) is -0.00394. The van der Waals surface area contributed by atoms with Crippen LogP contribution < -0.4 is 10.6 Å². The van der Waals surface area contributed by atoms with Gasteiger partial charge in [-0.1, -0.05) is 23.7 Å². The fourth-order valence-electron chi connectivity index (χ4n) is 2.22. The van der Waals surface area contributed by atoms with Gasteiger partial charge in [0.2, 0.25) is 5.91 Å². The lowest BCUT2D eigenvalue weighted by Gasteiger charge is -2.15. The lowest BCUT2D eigenvalue weighted by atomic mass is 10.1. The van der Waals surface area contributed by atoms with Gasteiger partial charge >= 0.3 is 6.18 Å². The quantitative estimate of drug-likeness (QED) is 0.819. The van der Waals surface area contributed by atoms with Crippen LogP contribution in [-0.4, -0.2) is 18.4 Å². The van der Waals surface area contributed by atoms with Crippen molar-refractivity contribution in [2.24, 2.45) is 0 Å². The van der Waals surface area contributed by atoms with Gasteiger partial charge in [-0.25, -0.2) is 0 Å². The van der Waals surface area contributed by atoms with Gasteiger partial charge in [0.1, 0.15) is 0 Å². The van der Waals surface area contributed by atoms with Gasteiger partial charge in [0, 0.05) is 10.6 Å². The van der Waals surface area contributed by atoms with Crippen molar-refractivity contribution < 1.29 is 22.8 Å². The minimum absolute atomic E-state index is 0.0358. The third-order valence-electron chi connectivity index (χ3n) is 3.61. The molecular formula is C18H16ClF3N2O2. The summed E-state index contributed by atoms with van der Waals surface area (Å²) >= 11 is 5.90. The number of nitrogens with one attached hydrogen (secondary N) is 2. The predicted octanol–water partition coefficient (Wildman–Crippen LogP) is 3.97. The molecule has 0 bridgehead atoms. The summed E-state index contributed by atoms with van der Waals surface area (Å²) in [6, 6.07) is 10.4. The van der Waals surface area contributed by atoms with Crippen LogP contribution in [0.4, 0.5) is 13.2 Å². The van der Waals surface area contributed by atoms with Gasteiger partial charge in [0.15, 0.2) is 0 Å². The Morgan fingerprint density at radius 1 is 1.12 bits per heavy atom. The summed E-state index contributed by atoms with van der Waals surface area (Å²) in [5.74, 6) is -1.07. The molecule has 0 spiro atoms. The van der Waals surface area contributed by atoms with Crippen molar-refractivity contribution >= 4 is 23.4 Å². The molecule has 0 unspecified atom stereocenters. The zero-order valence-corrected chi connectivity index (χ0v) is 14.5. The van der Waals surface area contributed by atoms with Crippen molar-refractivity contribution in [2.75, 3.05) is 6.54 Å². The second kappa shape index (κ2) is 8.23. The number of carbonyl (C=O) groups excluding carboxylic acids is 2. The van der Waals surface area contributed by atoms with Gasteiger partial charge in [-0.2, -0.15) is 13.2 Å². The van der Waals surface area contributed by atoms with E-state index in [0.717, 1.165) is 29.8 Å². The van der Waals surface area contributed by atoms with E-state index in [9.17, 15) is 22.8 Å². The molecule has 2 N–H and O–H groups in total. The Morgan fingerprint density at radius 2 is 1.77 bits per heavy atom. The SMILES string of the molecule is C[C@@H](NC(=O)CNC(=O)c1ccc(C(F)(F)F)cc1)c1cccc(Cl)c1. The molecule has 0 aliphatic heterocycles. The normalized spacial score (nSPS) is 12.3. The first-order valence-corrected chi connectivity index (χ1v) is 8.05. The highest BCUT2D eigenvalue weighted by Gasteiger charge is 2.30. The zero-order chi connectivity index (χ0) is 19.3. The lowest BCUT2D eigenvalue weighted by Crippen LogP contribution is -2.38. The molecule has 0 fully saturated rings. The van der Waals surface area contributed by atoms with E-state index in [1.165, 1.54) is 0 Å². The van der Waals surface area contributed by atoms with Gasteiger partial charge in [-0.15, -0.1) is 0 Å². The van der Waals surface area contributed by atoms with E-state index >= 15 is 0 Å². The van der Waals surface area contributed by atoms with Crippen LogP contribution in [0.25, 0.3) is 0 Å². The van der Waals surface area contributed by atoms with Crippen molar-refractivity contribution in [1.29, 1.82) is 0 Å². The Balaban J connectivity index is 1.87. The van der Waals surface area contributed by atoms with Gasteiger partial charge in [-0.3, -0.25) is 9.59 Å². The van der Waals surface area contributed by atoms with E-state index in [2.05, 4.69) is 10.6 Å². The highest BCUT2D eigenvalue weighted by atomic mass is 35.5. The number of carbonyl (C=O) groups is 2. The summed E-state index contributed by atoms with van der Waals surface area (Å²) in [6.45, 7) is 1.46. The Morgan fingerprint density at radius 3 is 2.35 bits per heavy atom. The summed E-state index contributed by atoms with van der Waals surface area (Å²) in [4.78, 5) is 23.8. The molecule has 4 nitrogen and oxygen atoms in total. The Hall–Kier alpha value is -2.54. The van der Waals surface area contributed by atoms with Crippen LogP contribution in [0.3, 0.4) is 0 Å². The average Bonchev–Trinajstić information content (AvgIpc) is 2.59. The monoisotopic (exact) mass is 384 g/mol. The molecule has 0 aliphatic carbocycles. The second-order valence-electron chi connectivity index (χ2n) is 5.60. The van der Waals surface area contributed by atoms with Crippen molar-refractivity contribution in [3.05, 3.63) is 70.2 Å². The third kappa shape index (κ3) is 5.49. The van der Waals surface area contributed by atoms with Crippen LogP contribution in [0.5, 0.6) is 0 Å². The van der Waals surface area contributed by atoms with Crippen LogP contribution in [0.15, 0.2) is 48.5 Å². The van der Waals surface area contributed by atoms with Gasteiger partial charge < -0.3 is 10.6 Å². The van der Waals surface area contributed by atoms with Crippen LogP contribution in [0.1, 0.15) is 34.5 Å². The Bertz CT molecular complexity index is 792. The van der Waals surface area contributed by atoms with Crippen molar-refractivity contribution in [1.82, 2.24) is 10.6 Å². The van der Waals surface area contributed by atoms with Gasteiger partial charge in [0.05, 0.1) is 18.2 Å². The molecule has 138 valence electrons. The molecule has 8 heteroatoms. The number of rotatable bonds is 5. The molecule has 0 saturated carbocycles. The fraction of sp³-hybridized carbons (Fsp3) is 0.222. The zero-order valence-electron chi connectivity index (χ0n) is 13.7. The standard InChI is InChI=1S/C18H16ClF3N2O2/c1-11(13-3-2-4-15(19)9-13)24-16(25)10-23-17(26)12-5-7-14(8-6-12)18(20,21)22/h2-9,11H,10H2,1H3,(H,23,26)(H,24,25)/t11-/m1/s1. The maximum absolute atomic E-state index is 12.5. The number of hydrogen-bond acceptors (Lipinski definition) is 2. The summed E-state index contributed by atoms with van der Waals surface area (Å²) < 4.78 is 37.5. The number of hydrogen-bond donors (Lipinski definition) is 2. The van der Waals surface area contributed by atoms with E-state index in [1.54, 1.807) is 31.2 Å². The molecule has 0 saturated heterocycles. The predicted molar refractivity (Wildman–Crippen MR) is 91.8 cm³/mol. The van der Waals surface area contributed by atoms with Crippen molar-refractivity contribution in [2.45, 2.75) is 19.1 Å². The molecule has 0 aromatic heterocycles. The van der Waals surface area contributed by atoms with Crippen molar-refractivity contribution in [3.63, 3.8) is 0 Å². The molecule has 2 amide bonds. The average molecular weight is 385 g/mol. The number of benzene rings is 2. The Kier molecular flexibility index (Phi) is 6.26. The topological polar surface area (TPSA) is 58.2 Å².